The first kappa shape index (κ1) is 20.1. The second-order valence-electron chi connectivity index (χ2n) is 6.30. The molecule has 1 heterocycles. The fourth-order valence-electron chi connectivity index (χ4n) is 3.16. The number of carbonyl (C=O) groups is 2. The predicted molar refractivity (Wildman–Crippen MR) is 108 cm³/mol. The molecule has 0 bridgehead atoms. The highest BCUT2D eigenvalue weighted by molar-refractivity contribution is 8.00. The number of amides is 1. The van der Waals surface area contributed by atoms with E-state index < -0.39 is 0 Å². The van der Waals surface area contributed by atoms with Gasteiger partial charge in [-0.1, -0.05) is 18.2 Å². The fourth-order valence-corrected chi connectivity index (χ4v) is 4.38. The van der Waals surface area contributed by atoms with E-state index in [1.165, 1.54) is 7.11 Å². The van der Waals surface area contributed by atoms with Gasteiger partial charge in [-0.15, -0.1) is 11.8 Å². The Kier molecular flexibility index (Phi) is 6.46. The quantitative estimate of drug-likeness (QED) is 0.664. The van der Waals surface area contributed by atoms with Crippen molar-refractivity contribution in [3.8, 4) is 11.5 Å². The van der Waals surface area contributed by atoms with Crippen molar-refractivity contribution in [3.63, 3.8) is 0 Å². The molecule has 1 saturated heterocycles. The zero-order valence-corrected chi connectivity index (χ0v) is 17.0. The molecule has 1 atom stereocenters. The Morgan fingerprint density at radius 1 is 1.07 bits per heavy atom. The highest BCUT2D eigenvalue weighted by Gasteiger charge is 2.32. The van der Waals surface area contributed by atoms with Gasteiger partial charge in [-0.3, -0.25) is 4.79 Å². The Bertz CT molecular complexity index is 852. The molecule has 2 aromatic rings. The molecule has 1 unspecified atom stereocenters. The fraction of sp³-hybridized carbons (Fsp3) is 0.333. The van der Waals surface area contributed by atoms with Crippen LogP contribution in [0, 0.1) is 0 Å². The van der Waals surface area contributed by atoms with E-state index in [1.807, 2.05) is 35.2 Å². The van der Waals surface area contributed by atoms with E-state index in [0.717, 1.165) is 11.1 Å². The second-order valence-corrected chi connectivity index (χ2v) is 7.37. The van der Waals surface area contributed by atoms with Crippen LogP contribution >= 0.6 is 11.8 Å². The first-order valence-corrected chi connectivity index (χ1v) is 9.92. The summed E-state index contributed by atoms with van der Waals surface area (Å²) < 4.78 is 15.4. The molecule has 0 N–H and O–H groups in total. The molecule has 6 nitrogen and oxygen atoms in total. The summed E-state index contributed by atoms with van der Waals surface area (Å²) in [5, 5.41) is -0.0562. The molecule has 0 aliphatic carbocycles. The van der Waals surface area contributed by atoms with Crippen molar-refractivity contribution in [2.45, 2.75) is 11.8 Å². The molecular formula is C21H23NO5S. The van der Waals surface area contributed by atoms with E-state index in [0.29, 0.717) is 35.8 Å². The van der Waals surface area contributed by atoms with Crippen molar-refractivity contribution in [3.05, 3.63) is 59.2 Å². The zero-order valence-electron chi connectivity index (χ0n) is 16.1. The highest BCUT2D eigenvalue weighted by atomic mass is 32.2. The maximum atomic E-state index is 12.4. The number of hydrogen-bond acceptors (Lipinski definition) is 6. The van der Waals surface area contributed by atoms with E-state index in [-0.39, 0.29) is 17.3 Å². The van der Waals surface area contributed by atoms with Crippen molar-refractivity contribution in [1.82, 2.24) is 4.90 Å². The van der Waals surface area contributed by atoms with Gasteiger partial charge in [0.2, 0.25) is 5.91 Å². The Morgan fingerprint density at radius 3 is 2.43 bits per heavy atom. The minimum atomic E-state index is -0.369. The number of rotatable bonds is 7. The van der Waals surface area contributed by atoms with Crippen LogP contribution in [0.2, 0.25) is 0 Å². The van der Waals surface area contributed by atoms with Crippen LogP contribution in [-0.4, -0.2) is 50.4 Å². The number of ether oxygens (including phenoxy) is 3. The van der Waals surface area contributed by atoms with Crippen LogP contribution in [0.1, 0.15) is 26.9 Å². The van der Waals surface area contributed by atoms with Crippen LogP contribution in [0.15, 0.2) is 42.5 Å². The van der Waals surface area contributed by atoms with Crippen molar-refractivity contribution in [2.75, 3.05) is 33.6 Å². The second kappa shape index (κ2) is 9.01. The van der Waals surface area contributed by atoms with E-state index >= 15 is 0 Å². The third-order valence-electron chi connectivity index (χ3n) is 4.67. The van der Waals surface area contributed by atoms with Crippen LogP contribution in [0.4, 0.5) is 0 Å². The smallest absolute Gasteiger partial charge is 0.337 e. The standard InChI is InChI=1S/C21H23NO5S/c1-25-17-9-4-14(12-18(17)26-2)10-11-22-19(23)13-28-20(22)15-5-7-16(8-6-15)21(24)27-3/h4-9,12,20H,10-11,13H2,1-3H3. The van der Waals surface area contributed by atoms with Gasteiger partial charge in [0.05, 0.1) is 32.6 Å². The topological polar surface area (TPSA) is 65.1 Å². The summed E-state index contributed by atoms with van der Waals surface area (Å²) in [6, 6.07) is 13.0. The summed E-state index contributed by atoms with van der Waals surface area (Å²) in [5.74, 6) is 1.56. The maximum absolute atomic E-state index is 12.4. The Hall–Kier alpha value is -2.67. The van der Waals surface area contributed by atoms with Crippen LogP contribution in [0.5, 0.6) is 11.5 Å². The maximum Gasteiger partial charge on any atom is 0.337 e. The highest BCUT2D eigenvalue weighted by Crippen LogP contribution is 2.39. The molecule has 148 valence electrons. The van der Waals surface area contributed by atoms with Gasteiger partial charge in [0.15, 0.2) is 11.5 Å². The molecular weight excluding hydrogens is 378 g/mol. The van der Waals surface area contributed by atoms with Crippen LogP contribution in [0.3, 0.4) is 0 Å². The number of thioether (sulfide) groups is 1. The monoisotopic (exact) mass is 401 g/mol. The number of methoxy groups -OCH3 is 3. The number of carbonyl (C=O) groups excluding carboxylic acids is 2. The van der Waals surface area contributed by atoms with Crippen molar-refractivity contribution in [2.24, 2.45) is 0 Å². The van der Waals surface area contributed by atoms with Crippen LogP contribution < -0.4 is 9.47 Å². The van der Waals surface area contributed by atoms with Gasteiger partial charge in [-0.2, -0.15) is 0 Å². The summed E-state index contributed by atoms with van der Waals surface area (Å²) in [4.78, 5) is 25.9. The number of benzene rings is 2. The van der Waals surface area contributed by atoms with Gasteiger partial charge in [0, 0.05) is 6.54 Å². The molecule has 28 heavy (non-hydrogen) atoms. The molecule has 2 aromatic carbocycles. The molecule has 7 heteroatoms. The van der Waals surface area contributed by atoms with Gasteiger partial charge in [-0.25, -0.2) is 4.79 Å². The van der Waals surface area contributed by atoms with Crippen LogP contribution in [0.25, 0.3) is 0 Å². The number of hydrogen-bond donors (Lipinski definition) is 0. The number of esters is 1. The van der Waals surface area contributed by atoms with E-state index in [9.17, 15) is 9.59 Å². The van der Waals surface area contributed by atoms with E-state index in [4.69, 9.17) is 14.2 Å². The summed E-state index contributed by atoms with van der Waals surface area (Å²) in [6.45, 7) is 0.602. The Morgan fingerprint density at radius 2 is 1.79 bits per heavy atom. The summed E-state index contributed by atoms with van der Waals surface area (Å²) in [6.07, 6.45) is 0.712. The lowest BCUT2D eigenvalue weighted by atomic mass is 10.1. The third-order valence-corrected chi connectivity index (χ3v) is 5.93. The first-order chi connectivity index (χ1) is 13.6. The predicted octanol–water partition coefficient (Wildman–Crippen LogP) is 3.31. The van der Waals surface area contributed by atoms with Crippen LogP contribution in [-0.2, 0) is 16.0 Å². The zero-order chi connectivity index (χ0) is 20.1. The lowest BCUT2D eigenvalue weighted by Gasteiger charge is -2.24. The van der Waals surface area contributed by atoms with Gasteiger partial charge in [0.25, 0.3) is 0 Å². The summed E-state index contributed by atoms with van der Waals surface area (Å²) in [7, 11) is 4.57. The lowest BCUT2D eigenvalue weighted by Crippen LogP contribution is -2.30. The molecule has 0 radical (unpaired) electrons. The first-order valence-electron chi connectivity index (χ1n) is 8.87. The van der Waals surface area contributed by atoms with Gasteiger partial charge in [-0.05, 0) is 41.8 Å². The molecule has 1 fully saturated rings. The van der Waals surface area contributed by atoms with Crippen molar-refractivity contribution in [1.29, 1.82) is 0 Å². The third kappa shape index (κ3) is 4.25. The molecule has 0 saturated carbocycles. The van der Waals surface area contributed by atoms with Gasteiger partial charge in [0.1, 0.15) is 5.37 Å². The minimum absolute atomic E-state index is 0.0562. The van der Waals surface area contributed by atoms with Crippen molar-refractivity contribution >= 4 is 23.6 Å². The lowest BCUT2D eigenvalue weighted by molar-refractivity contribution is -0.128. The molecule has 1 amide bonds. The van der Waals surface area contributed by atoms with E-state index in [2.05, 4.69) is 0 Å². The summed E-state index contributed by atoms with van der Waals surface area (Å²) in [5.41, 5.74) is 2.57. The molecule has 0 aromatic heterocycles. The summed E-state index contributed by atoms with van der Waals surface area (Å²) >= 11 is 1.60. The van der Waals surface area contributed by atoms with E-state index in [1.54, 1.807) is 38.1 Å². The minimum Gasteiger partial charge on any atom is -0.493 e. The van der Waals surface area contributed by atoms with Gasteiger partial charge >= 0.3 is 5.97 Å². The average Bonchev–Trinajstić information content (AvgIpc) is 3.11. The average molecular weight is 401 g/mol. The molecule has 1 aliphatic rings. The SMILES string of the molecule is COC(=O)c1ccc(C2SCC(=O)N2CCc2ccc(OC)c(OC)c2)cc1. The molecule has 1 aliphatic heterocycles. The number of nitrogens with zero attached hydrogens (tertiary/aromatic N) is 1. The normalized spacial score (nSPS) is 16.2. The van der Waals surface area contributed by atoms with Crippen molar-refractivity contribution < 1.29 is 23.8 Å². The van der Waals surface area contributed by atoms with Gasteiger partial charge < -0.3 is 19.1 Å². The molecule has 3 rings (SSSR count). The largest absolute Gasteiger partial charge is 0.493 e. The Balaban J connectivity index is 1.71. The molecule has 0 spiro atoms. The Labute approximate surface area is 168 Å².